The lowest BCUT2D eigenvalue weighted by atomic mass is 10.0. The Morgan fingerprint density at radius 1 is 1.25 bits per heavy atom. The van der Waals surface area contributed by atoms with Gasteiger partial charge in [-0.1, -0.05) is 55.4 Å². The maximum absolute atomic E-state index is 12.5. The summed E-state index contributed by atoms with van der Waals surface area (Å²) in [5.41, 5.74) is 1.97. The lowest BCUT2D eigenvalue weighted by Gasteiger charge is -2.08. The molecule has 124 valence electrons. The van der Waals surface area contributed by atoms with Gasteiger partial charge in [-0.15, -0.1) is 21.5 Å². The van der Waals surface area contributed by atoms with Crippen LogP contribution in [-0.2, 0) is 6.42 Å². The fourth-order valence-corrected chi connectivity index (χ4v) is 3.73. The summed E-state index contributed by atoms with van der Waals surface area (Å²) in [5, 5.41) is 10.2. The molecule has 6 heteroatoms. The van der Waals surface area contributed by atoms with E-state index in [1.807, 2.05) is 48.7 Å². The fraction of sp³-hybridized carbons (Fsp3) is 0.278. The molecular weight excluding hydrogens is 340 g/mol. The summed E-state index contributed by atoms with van der Waals surface area (Å²) < 4.78 is 5.63. The number of carbonyl (C=O) groups is 1. The van der Waals surface area contributed by atoms with Gasteiger partial charge in [0, 0.05) is 5.56 Å². The van der Waals surface area contributed by atoms with Gasteiger partial charge in [0.15, 0.2) is 5.78 Å². The van der Waals surface area contributed by atoms with E-state index in [9.17, 15) is 4.79 Å². The maximum atomic E-state index is 12.5. The number of rotatable bonds is 7. The Morgan fingerprint density at radius 3 is 2.71 bits per heavy atom. The van der Waals surface area contributed by atoms with Crippen LogP contribution < -0.4 is 0 Å². The molecule has 2 aromatic heterocycles. The minimum absolute atomic E-state index is 0.0684. The van der Waals surface area contributed by atoms with Crippen molar-refractivity contribution in [2.75, 3.05) is 0 Å². The molecule has 1 aromatic carbocycles. The summed E-state index contributed by atoms with van der Waals surface area (Å²) in [4.78, 5) is 13.5. The normalized spacial score (nSPS) is 12.2. The second-order valence-corrected chi connectivity index (χ2v) is 7.66. The maximum Gasteiger partial charge on any atom is 0.277 e. The van der Waals surface area contributed by atoms with Crippen molar-refractivity contribution in [3.8, 4) is 10.8 Å². The van der Waals surface area contributed by atoms with Gasteiger partial charge in [0.1, 0.15) is 0 Å². The number of hydrogen-bond donors (Lipinski definition) is 0. The summed E-state index contributed by atoms with van der Waals surface area (Å²) in [6.45, 7) is 4.01. The fourth-order valence-electron chi connectivity index (χ4n) is 2.32. The van der Waals surface area contributed by atoms with Crippen LogP contribution in [0.4, 0.5) is 0 Å². The summed E-state index contributed by atoms with van der Waals surface area (Å²) in [6, 6.07) is 11.7. The standard InChI is InChI=1S/C18H18N2O2S2/c1-3-5-13-7-9-14(10-8-13)16(21)12(2)24-18-20-19-17(22-18)15-6-4-11-23-15/h4,6-12H,3,5H2,1-2H3/t12-/m1/s1. The van der Waals surface area contributed by atoms with Crippen LogP contribution >= 0.6 is 23.1 Å². The van der Waals surface area contributed by atoms with Gasteiger partial charge in [-0.25, -0.2) is 0 Å². The van der Waals surface area contributed by atoms with Gasteiger partial charge in [-0.05, 0) is 30.4 Å². The molecule has 0 saturated heterocycles. The van der Waals surface area contributed by atoms with Gasteiger partial charge in [0.25, 0.3) is 11.1 Å². The Bertz CT molecular complexity index is 795. The molecule has 2 heterocycles. The number of thioether (sulfide) groups is 1. The predicted octanol–water partition coefficient (Wildman–Crippen LogP) is 5.11. The highest BCUT2D eigenvalue weighted by atomic mass is 32.2. The molecule has 1 atom stereocenters. The highest BCUT2D eigenvalue weighted by molar-refractivity contribution is 8.00. The van der Waals surface area contributed by atoms with Crippen LogP contribution in [0, 0.1) is 0 Å². The van der Waals surface area contributed by atoms with Crippen LogP contribution in [0.3, 0.4) is 0 Å². The summed E-state index contributed by atoms with van der Waals surface area (Å²) in [5.74, 6) is 0.565. The van der Waals surface area contributed by atoms with E-state index in [4.69, 9.17) is 4.42 Å². The van der Waals surface area contributed by atoms with Crippen molar-refractivity contribution < 1.29 is 9.21 Å². The molecule has 3 aromatic rings. The lowest BCUT2D eigenvalue weighted by Crippen LogP contribution is -2.13. The number of ketones is 1. The number of Topliss-reactive ketones (excluding diaryl/α,β-unsaturated/α-hetero) is 1. The molecular formula is C18H18N2O2S2. The van der Waals surface area contributed by atoms with Crippen LogP contribution in [0.25, 0.3) is 10.8 Å². The molecule has 0 aliphatic carbocycles. The first-order valence-electron chi connectivity index (χ1n) is 7.84. The van der Waals surface area contributed by atoms with E-state index in [1.54, 1.807) is 11.3 Å². The first-order valence-corrected chi connectivity index (χ1v) is 9.60. The van der Waals surface area contributed by atoms with Crippen LogP contribution in [0.1, 0.15) is 36.2 Å². The third-order valence-corrected chi connectivity index (χ3v) is 5.35. The number of carbonyl (C=O) groups excluding carboxylic acids is 1. The Kier molecular flexibility index (Phi) is 5.48. The first-order chi connectivity index (χ1) is 11.7. The SMILES string of the molecule is CCCc1ccc(C(=O)[C@@H](C)Sc2nnc(-c3cccs3)o2)cc1. The topological polar surface area (TPSA) is 56.0 Å². The highest BCUT2D eigenvalue weighted by Crippen LogP contribution is 2.29. The highest BCUT2D eigenvalue weighted by Gasteiger charge is 2.20. The molecule has 0 unspecified atom stereocenters. The zero-order chi connectivity index (χ0) is 16.9. The van der Waals surface area contributed by atoms with Crippen LogP contribution in [-0.4, -0.2) is 21.2 Å². The molecule has 0 N–H and O–H groups in total. The number of aryl methyl sites for hydroxylation is 1. The third-order valence-electron chi connectivity index (χ3n) is 3.56. The van der Waals surface area contributed by atoms with E-state index < -0.39 is 0 Å². The average Bonchev–Trinajstić information content (AvgIpc) is 3.26. The van der Waals surface area contributed by atoms with Gasteiger partial charge in [-0.3, -0.25) is 4.79 Å². The molecule has 0 aliphatic heterocycles. The largest absolute Gasteiger partial charge is 0.410 e. The second kappa shape index (κ2) is 7.77. The average molecular weight is 358 g/mol. The number of hydrogen-bond acceptors (Lipinski definition) is 6. The monoisotopic (exact) mass is 358 g/mol. The van der Waals surface area contributed by atoms with E-state index in [2.05, 4.69) is 17.1 Å². The summed E-state index contributed by atoms with van der Waals surface area (Å²) >= 11 is 2.84. The Morgan fingerprint density at radius 2 is 2.04 bits per heavy atom. The second-order valence-electron chi connectivity index (χ2n) is 5.42. The third kappa shape index (κ3) is 3.94. The Balaban J connectivity index is 1.65. The van der Waals surface area contributed by atoms with E-state index in [-0.39, 0.29) is 11.0 Å². The molecule has 0 aliphatic rings. The smallest absolute Gasteiger partial charge is 0.277 e. The number of aromatic nitrogens is 2. The van der Waals surface area contributed by atoms with E-state index in [1.165, 1.54) is 17.3 Å². The van der Waals surface area contributed by atoms with Gasteiger partial charge in [-0.2, -0.15) is 0 Å². The van der Waals surface area contributed by atoms with Crippen molar-refractivity contribution in [3.63, 3.8) is 0 Å². The van der Waals surface area contributed by atoms with Crippen molar-refractivity contribution in [1.82, 2.24) is 10.2 Å². The molecule has 0 saturated carbocycles. The van der Waals surface area contributed by atoms with Gasteiger partial charge in [0.05, 0.1) is 10.1 Å². The van der Waals surface area contributed by atoms with Crippen LogP contribution in [0.2, 0.25) is 0 Å². The molecule has 0 bridgehead atoms. The van der Waals surface area contributed by atoms with Gasteiger partial charge < -0.3 is 4.42 Å². The molecule has 0 radical (unpaired) electrons. The lowest BCUT2D eigenvalue weighted by molar-refractivity contribution is 0.0993. The molecule has 0 amide bonds. The minimum atomic E-state index is -0.279. The summed E-state index contributed by atoms with van der Waals surface area (Å²) in [7, 11) is 0. The molecule has 0 fully saturated rings. The van der Waals surface area contributed by atoms with E-state index >= 15 is 0 Å². The van der Waals surface area contributed by atoms with Crippen molar-refractivity contribution in [1.29, 1.82) is 0 Å². The predicted molar refractivity (Wildman–Crippen MR) is 97.7 cm³/mol. The Hall–Kier alpha value is -1.92. The minimum Gasteiger partial charge on any atom is -0.410 e. The van der Waals surface area contributed by atoms with Crippen LogP contribution in [0.5, 0.6) is 0 Å². The van der Waals surface area contributed by atoms with Crippen molar-refractivity contribution in [2.24, 2.45) is 0 Å². The van der Waals surface area contributed by atoms with Crippen LogP contribution in [0.15, 0.2) is 51.4 Å². The van der Waals surface area contributed by atoms with Crippen molar-refractivity contribution >= 4 is 28.9 Å². The summed E-state index contributed by atoms with van der Waals surface area (Å²) in [6.07, 6.45) is 2.13. The van der Waals surface area contributed by atoms with E-state index in [0.29, 0.717) is 16.7 Å². The van der Waals surface area contributed by atoms with Gasteiger partial charge >= 0.3 is 0 Å². The van der Waals surface area contributed by atoms with E-state index in [0.717, 1.165) is 17.7 Å². The Labute approximate surface area is 149 Å². The number of benzene rings is 1. The zero-order valence-corrected chi connectivity index (χ0v) is 15.2. The molecule has 24 heavy (non-hydrogen) atoms. The number of nitrogens with zero attached hydrogens (tertiary/aromatic N) is 2. The molecule has 4 nitrogen and oxygen atoms in total. The van der Waals surface area contributed by atoms with Crippen molar-refractivity contribution in [2.45, 2.75) is 37.2 Å². The first kappa shape index (κ1) is 16.9. The van der Waals surface area contributed by atoms with Gasteiger partial charge in [0.2, 0.25) is 0 Å². The molecule has 0 spiro atoms. The number of thiophene rings is 1. The molecule has 3 rings (SSSR count). The quantitative estimate of drug-likeness (QED) is 0.434. The van der Waals surface area contributed by atoms with Crippen molar-refractivity contribution in [3.05, 3.63) is 52.9 Å². The zero-order valence-electron chi connectivity index (χ0n) is 13.6.